The molecule has 1 N–H and O–H groups in total. The van der Waals surface area contributed by atoms with E-state index in [-0.39, 0.29) is 5.91 Å². The first-order chi connectivity index (χ1) is 8.79. The molecule has 1 aromatic carbocycles. The van der Waals surface area contributed by atoms with Gasteiger partial charge in [0.2, 0.25) is 0 Å². The fourth-order valence-electron chi connectivity index (χ4n) is 3.09. The van der Waals surface area contributed by atoms with Crippen LogP contribution in [0.5, 0.6) is 0 Å². The number of nitrogens with one attached hydrogen (secondary N) is 1. The quantitative estimate of drug-likeness (QED) is 0.857. The Balaban J connectivity index is 1.94. The second-order valence-corrected chi connectivity index (χ2v) is 5.30. The molecule has 3 rings (SSSR count). The highest BCUT2D eigenvalue weighted by Gasteiger charge is 2.33. The first-order valence-corrected chi connectivity index (χ1v) is 6.93. The summed E-state index contributed by atoms with van der Waals surface area (Å²) in [5, 5.41) is 3.38. The number of aryl methyl sites for hydroxylation is 1. The van der Waals surface area contributed by atoms with Crippen LogP contribution in [0.15, 0.2) is 18.2 Å². The molecule has 0 aliphatic carbocycles. The fraction of sp³-hybridized carbons (Fsp3) is 0.533. The third-order valence-electron chi connectivity index (χ3n) is 4.01. The SMILES string of the molecule is CCCc1ccc2c(c1)C[C@@H]1CNCCN1C2=O. The molecule has 1 saturated heterocycles. The molecular formula is C15H20N2O. The van der Waals surface area contributed by atoms with E-state index >= 15 is 0 Å². The van der Waals surface area contributed by atoms with Crippen molar-refractivity contribution in [3.8, 4) is 0 Å². The minimum atomic E-state index is 0.228. The van der Waals surface area contributed by atoms with Gasteiger partial charge in [0.15, 0.2) is 0 Å². The van der Waals surface area contributed by atoms with Crippen molar-refractivity contribution < 1.29 is 4.79 Å². The number of benzene rings is 1. The highest BCUT2D eigenvalue weighted by molar-refractivity contribution is 5.97. The van der Waals surface area contributed by atoms with Crippen molar-refractivity contribution in [2.75, 3.05) is 19.6 Å². The lowest BCUT2D eigenvalue weighted by atomic mass is 9.90. The second kappa shape index (κ2) is 4.73. The Morgan fingerprint density at radius 3 is 3.17 bits per heavy atom. The molecule has 0 spiro atoms. The van der Waals surface area contributed by atoms with Crippen LogP contribution in [0, 0.1) is 0 Å². The summed E-state index contributed by atoms with van der Waals surface area (Å²) in [7, 11) is 0. The van der Waals surface area contributed by atoms with Gasteiger partial charge in [-0.15, -0.1) is 0 Å². The number of carbonyl (C=O) groups excluding carboxylic acids is 1. The van der Waals surface area contributed by atoms with Gasteiger partial charge in [-0.2, -0.15) is 0 Å². The van der Waals surface area contributed by atoms with Crippen molar-refractivity contribution >= 4 is 5.91 Å². The molecule has 2 heterocycles. The van der Waals surface area contributed by atoms with E-state index in [9.17, 15) is 4.79 Å². The Kier molecular flexibility index (Phi) is 3.08. The van der Waals surface area contributed by atoms with Crippen LogP contribution in [-0.4, -0.2) is 36.5 Å². The number of amides is 1. The van der Waals surface area contributed by atoms with E-state index in [1.54, 1.807) is 0 Å². The maximum Gasteiger partial charge on any atom is 0.254 e. The van der Waals surface area contributed by atoms with Crippen molar-refractivity contribution in [2.24, 2.45) is 0 Å². The van der Waals surface area contributed by atoms with Crippen molar-refractivity contribution in [3.05, 3.63) is 34.9 Å². The molecule has 3 nitrogen and oxygen atoms in total. The largest absolute Gasteiger partial charge is 0.333 e. The molecule has 0 bridgehead atoms. The number of nitrogens with zero attached hydrogens (tertiary/aromatic N) is 1. The van der Waals surface area contributed by atoms with E-state index in [2.05, 4.69) is 24.4 Å². The van der Waals surface area contributed by atoms with Crippen molar-refractivity contribution in [3.63, 3.8) is 0 Å². The van der Waals surface area contributed by atoms with E-state index in [0.717, 1.165) is 44.5 Å². The molecule has 18 heavy (non-hydrogen) atoms. The predicted molar refractivity (Wildman–Crippen MR) is 71.8 cm³/mol. The Morgan fingerprint density at radius 2 is 2.33 bits per heavy atom. The lowest BCUT2D eigenvalue weighted by Gasteiger charge is -2.40. The number of rotatable bonds is 2. The molecule has 0 unspecified atom stereocenters. The van der Waals surface area contributed by atoms with Gasteiger partial charge >= 0.3 is 0 Å². The molecule has 2 aliphatic heterocycles. The summed E-state index contributed by atoms with van der Waals surface area (Å²) in [6, 6.07) is 6.74. The summed E-state index contributed by atoms with van der Waals surface area (Å²) in [5.41, 5.74) is 3.53. The Morgan fingerprint density at radius 1 is 1.44 bits per heavy atom. The molecule has 1 fully saturated rings. The molecule has 0 aromatic heterocycles. The van der Waals surface area contributed by atoms with Crippen molar-refractivity contribution in [2.45, 2.75) is 32.2 Å². The summed E-state index contributed by atoms with van der Waals surface area (Å²) >= 11 is 0. The van der Waals surface area contributed by atoms with Gasteiger partial charge in [-0.1, -0.05) is 25.5 Å². The number of hydrogen-bond donors (Lipinski definition) is 1. The minimum Gasteiger partial charge on any atom is -0.333 e. The standard InChI is InChI=1S/C15H20N2O/c1-2-3-11-4-5-14-12(8-11)9-13-10-16-6-7-17(13)15(14)18/h4-5,8,13,16H,2-3,6-7,9-10H2,1H3/t13-/m1/s1. The molecule has 0 radical (unpaired) electrons. The third-order valence-corrected chi connectivity index (χ3v) is 4.01. The molecule has 2 aliphatic rings. The molecule has 1 atom stereocenters. The highest BCUT2D eigenvalue weighted by atomic mass is 16.2. The molecule has 3 heteroatoms. The van der Waals surface area contributed by atoms with Gasteiger partial charge in [0, 0.05) is 31.2 Å². The first kappa shape index (κ1) is 11.7. The van der Waals surface area contributed by atoms with E-state index in [4.69, 9.17) is 0 Å². The van der Waals surface area contributed by atoms with Crippen LogP contribution in [-0.2, 0) is 12.8 Å². The van der Waals surface area contributed by atoms with Crippen LogP contribution >= 0.6 is 0 Å². The Bertz CT molecular complexity index is 470. The summed E-state index contributed by atoms with van der Waals surface area (Å²) in [5.74, 6) is 0.228. The average molecular weight is 244 g/mol. The Hall–Kier alpha value is -1.35. The third kappa shape index (κ3) is 1.93. The highest BCUT2D eigenvalue weighted by Crippen LogP contribution is 2.25. The minimum absolute atomic E-state index is 0.228. The van der Waals surface area contributed by atoms with Gasteiger partial charge in [-0.05, 0) is 30.0 Å². The summed E-state index contributed by atoms with van der Waals surface area (Å²) in [4.78, 5) is 14.5. The van der Waals surface area contributed by atoms with E-state index in [1.165, 1.54) is 11.1 Å². The maximum atomic E-state index is 12.4. The summed E-state index contributed by atoms with van der Waals surface area (Å²) in [6.07, 6.45) is 3.27. The normalized spacial score (nSPS) is 22.6. The lowest BCUT2D eigenvalue weighted by molar-refractivity contribution is 0.0606. The predicted octanol–water partition coefficient (Wildman–Crippen LogP) is 1.61. The summed E-state index contributed by atoms with van der Waals surface area (Å²) < 4.78 is 0. The molecule has 96 valence electrons. The topological polar surface area (TPSA) is 32.3 Å². The van der Waals surface area contributed by atoms with E-state index in [1.807, 2.05) is 11.0 Å². The van der Waals surface area contributed by atoms with Gasteiger partial charge in [0.05, 0.1) is 0 Å². The second-order valence-electron chi connectivity index (χ2n) is 5.30. The molecule has 1 aromatic rings. The van der Waals surface area contributed by atoms with Crippen LogP contribution in [0.4, 0.5) is 0 Å². The average Bonchev–Trinajstić information content (AvgIpc) is 2.39. The smallest absolute Gasteiger partial charge is 0.254 e. The first-order valence-electron chi connectivity index (χ1n) is 6.93. The van der Waals surface area contributed by atoms with Crippen LogP contribution < -0.4 is 5.32 Å². The number of hydrogen-bond acceptors (Lipinski definition) is 2. The van der Waals surface area contributed by atoms with Crippen molar-refractivity contribution in [1.29, 1.82) is 0 Å². The van der Waals surface area contributed by atoms with Gasteiger partial charge in [0.1, 0.15) is 0 Å². The monoisotopic (exact) mass is 244 g/mol. The zero-order chi connectivity index (χ0) is 12.5. The number of fused-ring (bicyclic) bond motifs is 2. The zero-order valence-corrected chi connectivity index (χ0v) is 10.9. The number of piperazine rings is 1. The molecule has 0 saturated carbocycles. The van der Waals surface area contributed by atoms with Crippen LogP contribution in [0.3, 0.4) is 0 Å². The fourth-order valence-corrected chi connectivity index (χ4v) is 3.09. The zero-order valence-electron chi connectivity index (χ0n) is 10.9. The Labute approximate surface area is 108 Å². The lowest BCUT2D eigenvalue weighted by Crippen LogP contribution is -2.56. The molecular weight excluding hydrogens is 224 g/mol. The van der Waals surface area contributed by atoms with E-state index in [0.29, 0.717) is 6.04 Å². The summed E-state index contributed by atoms with van der Waals surface area (Å²) in [6.45, 7) is 4.89. The van der Waals surface area contributed by atoms with Gasteiger partial charge in [-0.25, -0.2) is 0 Å². The number of carbonyl (C=O) groups is 1. The van der Waals surface area contributed by atoms with Gasteiger partial charge < -0.3 is 10.2 Å². The van der Waals surface area contributed by atoms with Crippen LogP contribution in [0.25, 0.3) is 0 Å². The van der Waals surface area contributed by atoms with Crippen LogP contribution in [0.1, 0.15) is 34.8 Å². The van der Waals surface area contributed by atoms with Gasteiger partial charge in [0.25, 0.3) is 5.91 Å². The van der Waals surface area contributed by atoms with Crippen molar-refractivity contribution in [1.82, 2.24) is 10.2 Å². The van der Waals surface area contributed by atoms with E-state index < -0.39 is 0 Å². The molecule has 1 amide bonds. The maximum absolute atomic E-state index is 12.4. The van der Waals surface area contributed by atoms with Crippen LogP contribution in [0.2, 0.25) is 0 Å². The van der Waals surface area contributed by atoms with Gasteiger partial charge in [-0.3, -0.25) is 4.79 Å².